The summed E-state index contributed by atoms with van der Waals surface area (Å²) >= 11 is 1.66. The topological polar surface area (TPSA) is 79.4 Å². The van der Waals surface area contributed by atoms with Crippen LogP contribution in [0.4, 0.5) is 0 Å². The van der Waals surface area contributed by atoms with Crippen molar-refractivity contribution in [2.45, 2.75) is 50.5 Å². The van der Waals surface area contributed by atoms with Gasteiger partial charge in [0.05, 0.1) is 32.1 Å². The molecule has 34 heavy (non-hydrogen) atoms. The van der Waals surface area contributed by atoms with Crippen LogP contribution >= 0.6 is 11.3 Å². The highest BCUT2D eigenvalue weighted by molar-refractivity contribution is 7.89. The Morgan fingerprint density at radius 1 is 1.09 bits per heavy atom. The van der Waals surface area contributed by atoms with Gasteiger partial charge in [0.2, 0.25) is 15.9 Å². The highest BCUT2D eigenvalue weighted by Crippen LogP contribution is 2.38. The first kappa shape index (κ1) is 24.6. The molecule has 180 valence electrons. The molecule has 0 bridgehead atoms. The summed E-state index contributed by atoms with van der Waals surface area (Å²) < 4.78 is 28.1. The zero-order valence-electron chi connectivity index (χ0n) is 19.8. The molecule has 0 aliphatic heterocycles. The van der Waals surface area contributed by atoms with Crippen molar-refractivity contribution in [3.05, 3.63) is 71.3 Å². The van der Waals surface area contributed by atoms with Crippen molar-refractivity contribution in [2.24, 2.45) is 5.92 Å². The van der Waals surface area contributed by atoms with E-state index in [2.05, 4.69) is 23.5 Å². The Morgan fingerprint density at radius 2 is 1.76 bits per heavy atom. The molecule has 2 aromatic carbocycles. The quantitative estimate of drug-likeness (QED) is 0.431. The predicted molar refractivity (Wildman–Crippen MR) is 137 cm³/mol. The van der Waals surface area contributed by atoms with Crippen molar-refractivity contribution in [3.8, 4) is 0 Å². The molecule has 6 nitrogen and oxygen atoms in total. The summed E-state index contributed by atoms with van der Waals surface area (Å²) in [6, 6.07) is 14.6. The van der Waals surface area contributed by atoms with Gasteiger partial charge in [-0.25, -0.2) is 13.4 Å². The molecule has 0 radical (unpaired) electrons. The van der Waals surface area contributed by atoms with Crippen molar-refractivity contribution in [1.29, 1.82) is 0 Å². The molecule has 1 amide bonds. The lowest BCUT2D eigenvalue weighted by Gasteiger charge is -2.27. The Hall–Kier alpha value is -2.55. The van der Waals surface area contributed by atoms with E-state index in [0.29, 0.717) is 19.5 Å². The molecular formula is C26H31N3O3S2. The van der Waals surface area contributed by atoms with Gasteiger partial charge in [-0.2, -0.15) is 4.31 Å². The van der Waals surface area contributed by atoms with Crippen LogP contribution in [0.15, 0.2) is 65.6 Å². The zero-order chi connectivity index (χ0) is 24.3. The van der Waals surface area contributed by atoms with Gasteiger partial charge in [-0.1, -0.05) is 50.3 Å². The van der Waals surface area contributed by atoms with Crippen molar-refractivity contribution >= 4 is 37.5 Å². The minimum absolute atomic E-state index is 0.000875. The van der Waals surface area contributed by atoms with Crippen LogP contribution in [-0.2, 0) is 14.8 Å². The molecule has 1 heterocycles. The van der Waals surface area contributed by atoms with E-state index in [-0.39, 0.29) is 28.7 Å². The molecule has 3 atom stereocenters. The Bertz CT molecular complexity index is 1250. The monoisotopic (exact) mass is 497 g/mol. The molecule has 0 saturated heterocycles. The van der Waals surface area contributed by atoms with E-state index in [1.54, 1.807) is 35.6 Å². The first-order valence-corrected chi connectivity index (χ1v) is 14.0. The van der Waals surface area contributed by atoms with Gasteiger partial charge in [-0.3, -0.25) is 4.79 Å². The van der Waals surface area contributed by atoms with Gasteiger partial charge in [0, 0.05) is 19.0 Å². The van der Waals surface area contributed by atoms with Gasteiger partial charge in [0.25, 0.3) is 0 Å². The summed E-state index contributed by atoms with van der Waals surface area (Å²) in [5.74, 6) is -0.132. The molecule has 1 aliphatic carbocycles. The van der Waals surface area contributed by atoms with Gasteiger partial charge < -0.3 is 5.32 Å². The van der Waals surface area contributed by atoms with Crippen molar-refractivity contribution < 1.29 is 13.2 Å². The number of thiazole rings is 1. The lowest BCUT2D eigenvalue weighted by atomic mass is 9.82. The molecule has 1 aromatic heterocycles. The first-order chi connectivity index (χ1) is 16.3. The second kappa shape index (κ2) is 10.4. The number of aromatic nitrogens is 1. The Balaban J connectivity index is 1.48. The summed E-state index contributed by atoms with van der Waals surface area (Å²) in [7, 11) is -3.50. The van der Waals surface area contributed by atoms with Gasteiger partial charge in [-0.15, -0.1) is 11.3 Å². The highest BCUT2D eigenvalue weighted by atomic mass is 32.2. The van der Waals surface area contributed by atoms with Gasteiger partial charge in [0.15, 0.2) is 0 Å². The standard InChI is InChI=1S/C26H31N3O3S2/c1-4-29(5-2)34(31,32)20-16-14-19(15-17-20)18(3)27-25(30)21-10-6-7-11-22(21)26-28-23-12-8-9-13-24(23)33-26/h6-9,12-18,21-22H,4-5,10-11H2,1-3H3,(H,27,30). The van der Waals surface area contributed by atoms with E-state index in [0.717, 1.165) is 27.2 Å². The minimum Gasteiger partial charge on any atom is -0.349 e. The maximum atomic E-state index is 13.3. The summed E-state index contributed by atoms with van der Waals surface area (Å²) in [5, 5.41) is 4.15. The normalized spacial score (nSPS) is 19.4. The number of carbonyl (C=O) groups is 1. The average molecular weight is 498 g/mol. The number of rotatable bonds is 8. The van der Waals surface area contributed by atoms with Crippen LogP contribution in [0.5, 0.6) is 0 Å². The number of hydrogen-bond donors (Lipinski definition) is 1. The second-order valence-electron chi connectivity index (χ2n) is 8.56. The summed E-state index contributed by atoms with van der Waals surface area (Å²) in [6.07, 6.45) is 5.69. The number of benzene rings is 2. The smallest absolute Gasteiger partial charge is 0.243 e. The third kappa shape index (κ3) is 4.94. The van der Waals surface area contributed by atoms with E-state index < -0.39 is 10.0 Å². The summed E-state index contributed by atoms with van der Waals surface area (Å²) in [5.41, 5.74) is 1.85. The van der Waals surface area contributed by atoms with Gasteiger partial charge in [0.1, 0.15) is 0 Å². The van der Waals surface area contributed by atoms with E-state index in [1.165, 1.54) is 4.31 Å². The molecule has 8 heteroatoms. The molecule has 0 spiro atoms. The molecule has 0 fully saturated rings. The predicted octanol–water partition coefficient (Wildman–Crippen LogP) is 5.25. The maximum absolute atomic E-state index is 13.3. The van der Waals surface area contributed by atoms with E-state index in [4.69, 9.17) is 4.98 Å². The lowest BCUT2D eigenvalue weighted by Crippen LogP contribution is -2.36. The third-order valence-electron chi connectivity index (χ3n) is 6.48. The Morgan fingerprint density at radius 3 is 2.44 bits per heavy atom. The van der Waals surface area contributed by atoms with Crippen molar-refractivity contribution in [2.75, 3.05) is 13.1 Å². The molecule has 1 aliphatic rings. The van der Waals surface area contributed by atoms with Crippen LogP contribution in [0.3, 0.4) is 0 Å². The van der Waals surface area contributed by atoms with Crippen LogP contribution < -0.4 is 5.32 Å². The van der Waals surface area contributed by atoms with Gasteiger partial charge >= 0.3 is 0 Å². The molecule has 1 N–H and O–H groups in total. The number of hydrogen-bond acceptors (Lipinski definition) is 5. The number of para-hydroxylation sites is 1. The van der Waals surface area contributed by atoms with Crippen LogP contribution in [0.2, 0.25) is 0 Å². The van der Waals surface area contributed by atoms with E-state index in [1.807, 2.05) is 39.0 Å². The average Bonchev–Trinajstić information content (AvgIpc) is 3.29. The number of carbonyl (C=O) groups excluding carboxylic acids is 1. The molecule has 4 rings (SSSR count). The highest BCUT2D eigenvalue weighted by Gasteiger charge is 2.33. The fraction of sp³-hybridized carbons (Fsp3) is 0.385. The molecule has 3 unspecified atom stereocenters. The maximum Gasteiger partial charge on any atom is 0.243 e. The largest absolute Gasteiger partial charge is 0.349 e. The number of sulfonamides is 1. The van der Waals surface area contributed by atoms with Crippen molar-refractivity contribution in [3.63, 3.8) is 0 Å². The number of allylic oxidation sites excluding steroid dienone is 2. The lowest BCUT2D eigenvalue weighted by molar-refractivity contribution is -0.126. The number of nitrogens with one attached hydrogen (secondary N) is 1. The van der Waals surface area contributed by atoms with Gasteiger partial charge in [-0.05, 0) is 49.6 Å². The minimum atomic E-state index is -3.50. The number of fused-ring (bicyclic) bond motifs is 1. The molecule has 0 saturated carbocycles. The Labute approximate surface area is 205 Å². The van der Waals surface area contributed by atoms with E-state index in [9.17, 15) is 13.2 Å². The van der Waals surface area contributed by atoms with Crippen LogP contribution in [0.25, 0.3) is 10.2 Å². The molecule has 3 aromatic rings. The molecular weight excluding hydrogens is 466 g/mol. The number of nitrogens with zero attached hydrogens (tertiary/aromatic N) is 2. The SMILES string of the molecule is CCN(CC)S(=O)(=O)c1ccc(C(C)NC(=O)C2CC=CCC2c2nc3ccccc3s2)cc1. The Kier molecular flexibility index (Phi) is 7.50. The fourth-order valence-electron chi connectivity index (χ4n) is 4.47. The summed E-state index contributed by atoms with van der Waals surface area (Å²) in [4.78, 5) is 18.4. The number of amides is 1. The second-order valence-corrected chi connectivity index (χ2v) is 11.6. The fourth-order valence-corrected chi connectivity index (χ4v) is 7.07. The van der Waals surface area contributed by atoms with E-state index >= 15 is 0 Å². The first-order valence-electron chi connectivity index (χ1n) is 11.8. The van der Waals surface area contributed by atoms with Crippen molar-refractivity contribution in [1.82, 2.24) is 14.6 Å². The summed E-state index contributed by atoms with van der Waals surface area (Å²) in [6.45, 7) is 6.44. The van der Waals surface area contributed by atoms with Crippen LogP contribution in [0, 0.1) is 5.92 Å². The van der Waals surface area contributed by atoms with Crippen LogP contribution in [0.1, 0.15) is 56.1 Å². The third-order valence-corrected chi connectivity index (χ3v) is 9.71. The zero-order valence-corrected chi connectivity index (χ0v) is 21.4. The van der Waals surface area contributed by atoms with Crippen LogP contribution in [-0.4, -0.2) is 36.7 Å².